The number of carbonyl (C=O) groups excluding carboxylic acids is 4. The summed E-state index contributed by atoms with van der Waals surface area (Å²) in [6, 6.07) is 8.24. The first-order valence-corrected chi connectivity index (χ1v) is 8.99. The summed E-state index contributed by atoms with van der Waals surface area (Å²) in [4.78, 5) is 51.9. The fourth-order valence-electron chi connectivity index (χ4n) is 3.58. The average molecular weight is 414 g/mol. The Morgan fingerprint density at radius 1 is 1.13 bits per heavy atom. The molecule has 2 aromatic carbocycles. The van der Waals surface area contributed by atoms with Gasteiger partial charge in [-0.25, -0.2) is 13.6 Å². The van der Waals surface area contributed by atoms with E-state index in [0.717, 1.165) is 23.1 Å². The first kappa shape index (κ1) is 19.5. The summed E-state index contributed by atoms with van der Waals surface area (Å²) in [7, 11) is 0. The molecule has 2 aromatic rings. The molecular formula is C20H16F2N4O4. The molecule has 4 rings (SSSR count). The van der Waals surface area contributed by atoms with Crippen molar-refractivity contribution in [3.8, 4) is 0 Å². The molecule has 10 heteroatoms. The Kier molecular flexibility index (Phi) is 4.49. The van der Waals surface area contributed by atoms with Crippen molar-refractivity contribution in [2.24, 2.45) is 0 Å². The van der Waals surface area contributed by atoms with Gasteiger partial charge in [0.15, 0.2) is 0 Å². The van der Waals surface area contributed by atoms with E-state index in [1.807, 2.05) is 0 Å². The monoisotopic (exact) mass is 414 g/mol. The molecular weight excluding hydrogens is 398 g/mol. The lowest BCUT2D eigenvalue weighted by molar-refractivity contribution is -0.134. The molecule has 154 valence electrons. The molecule has 30 heavy (non-hydrogen) atoms. The molecule has 8 nitrogen and oxygen atoms in total. The van der Waals surface area contributed by atoms with E-state index < -0.39 is 47.5 Å². The maximum Gasteiger partial charge on any atom is 0.325 e. The van der Waals surface area contributed by atoms with Crippen LogP contribution in [0.4, 0.5) is 25.0 Å². The van der Waals surface area contributed by atoms with Crippen molar-refractivity contribution < 1.29 is 28.0 Å². The Hall–Kier alpha value is -3.82. The highest BCUT2D eigenvalue weighted by molar-refractivity contribution is 6.14. The van der Waals surface area contributed by atoms with Gasteiger partial charge in [0, 0.05) is 5.56 Å². The SMILES string of the molecule is C[C@@]1(c2cc(F)ccc2F)NC(=O)N(CC(=O)N2CC(=O)Nc3ccccc32)C1=O. The number of nitrogens with one attached hydrogen (secondary N) is 2. The topological polar surface area (TPSA) is 98.8 Å². The predicted octanol–water partition coefficient (Wildman–Crippen LogP) is 1.72. The molecule has 2 N–H and O–H groups in total. The van der Waals surface area contributed by atoms with Gasteiger partial charge in [0.25, 0.3) is 5.91 Å². The molecule has 2 aliphatic rings. The second-order valence-electron chi connectivity index (χ2n) is 7.12. The van der Waals surface area contributed by atoms with Gasteiger partial charge >= 0.3 is 6.03 Å². The quantitative estimate of drug-likeness (QED) is 0.747. The van der Waals surface area contributed by atoms with Gasteiger partial charge in [-0.05, 0) is 37.3 Å². The number of hydrogen-bond donors (Lipinski definition) is 2. The number of carbonyl (C=O) groups is 4. The Morgan fingerprint density at radius 3 is 2.63 bits per heavy atom. The number of hydrogen-bond acceptors (Lipinski definition) is 4. The molecule has 0 bridgehead atoms. The molecule has 2 aliphatic heterocycles. The Bertz CT molecular complexity index is 1110. The number of benzene rings is 2. The van der Waals surface area contributed by atoms with E-state index in [-0.39, 0.29) is 12.1 Å². The summed E-state index contributed by atoms with van der Waals surface area (Å²) in [5.74, 6) is -3.65. The summed E-state index contributed by atoms with van der Waals surface area (Å²) >= 11 is 0. The normalized spacial score (nSPS) is 20.7. The smallest absolute Gasteiger partial charge is 0.323 e. The van der Waals surface area contributed by atoms with E-state index >= 15 is 0 Å². The molecule has 1 saturated heterocycles. The molecule has 0 radical (unpaired) electrons. The van der Waals surface area contributed by atoms with Gasteiger partial charge in [0.1, 0.15) is 30.3 Å². The lowest BCUT2D eigenvalue weighted by Crippen LogP contribution is -2.48. The number of urea groups is 1. The number of nitrogens with zero attached hydrogens (tertiary/aromatic N) is 2. The van der Waals surface area contributed by atoms with Crippen molar-refractivity contribution in [2.75, 3.05) is 23.3 Å². The van der Waals surface area contributed by atoms with E-state index in [1.165, 1.54) is 6.92 Å². The zero-order chi connectivity index (χ0) is 21.6. The van der Waals surface area contributed by atoms with Crippen molar-refractivity contribution in [3.63, 3.8) is 0 Å². The molecule has 1 fully saturated rings. The van der Waals surface area contributed by atoms with Gasteiger partial charge in [-0.2, -0.15) is 0 Å². The highest BCUT2D eigenvalue weighted by atomic mass is 19.1. The highest BCUT2D eigenvalue weighted by Crippen LogP contribution is 2.32. The molecule has 0 saturated carbocycles. The van der Waals surface area contributed by atoms with E-state index in [1.54, 1.807) is 24.3 Å². The predicted molar refractivity (Wildman–Crippen MR) is 101 cm³/mol. The maximum atomic E-state index is 14.2. The fourth-order valence-corrected chi connectivity index (χ4v) is 3.58. The highest BCUT2D eigenvalue weighted by Gasteiger charge is 2.51. The number of anilines is 2. The van der Waals surface area contributed by atoms with Gasteiger partial charge < -0.3 is 10.6 Å². The molecule has 2 heterocycles. The molecule has 0 spiro atoms. The number of imide groups is 1. The van der Waals surface area contributed by atoms with E-state index in [4.69, 9.17) is 0 Å². The Morgan fingerprint density at radius 2 is 1.87 bits per heavy atom. The van der Waals surface area contributed by atoms with Crippen LogP contribution < -0.4 is 15.5 Å². The second kappa shape index (κ2) is 6.90. The van der Waals surface area contributed by atoms with Crippen molar-refractivity contribution in [1.29, 1.82) is 0 Å². The van der Waals surface area contributed by atoms with Crippen LogP contribution in [0.1, 0.15) is 12.5 Å². The minimum Gasteiger partial charge on any atom is -0.323 e. The van der Waals surface area contributed by atoms with Gasteiger partial charge in [-0.15, -0.1) is 0 Å². The fraction of sp³-hybridized carbons (Fsp3) is 0.200. The van der Waals surface area contributed by atoms with Crippen molar-refractivity contribution in [1.82, 2.24) is 10.2 Å². The van der Waals surface area contributed by atoms with Crippen LogP contribution in [0.2, 0.25) is 0 Å². The van der Waals surface area contributed by atoms with Gasteiger partial charge in [0.05, 0.1) is 11.4 Å². The standard InChI is InChI=1S/C20H16F2N4O4/c1-20(12-8-11(21)6-7-13(12)22)18(29)26(19(30)24-20)10-17(28)25-9-16(27)23-14-4-2-3-5-15(14)25/h2-8H,9-10H2,1H3,(H,23,27)(H,24,30)/t20-/m0/s1. The van der Waals surface area contributed by atoms with Crippen LogP contribution in [-0.4, -0.2) is 41.7 Å². The summed E-state index contributed by atoms with van der Waals surface area (Å²) in [5.41, 5.74) is -1.38. The van der Waals surface area contributed by atoms with Crippen molar-refractivity contribution >= 4 is 35.1 Å². The van der Waals surface area contributed by atoms with Gasteiger partial charge in [0.2, 0.25) is 11.8 Å². The van der Waals surface area contributed by atoms with Crippen LogP contribution in [0.15, 0.2) is 42.5 Å². The summed E-state index contributed by atoms with van der Waals surface area (Å²) < 4.78 is 27.9. The lowest BCUT2D eigenvalue weighted by atomic mass is 9.91. The third kappa shape index (κ3) is 3.06. The molecule has 5 amide bonds. The van der Waals surface area contributed by atoms with Crippen LogP contribution >= 0.6 is 0 Å². The third-order valence-electron chi connectivity index (χ3n) is 5.11. The zero-order valence-electron chi connectivity index (χ0n) is 15.7. The number of halogens is 2. The van der Waals surface area contributed by atoms with Crippen LogP contribution in [0.5, 0.6) is 0 Å². The molecule has 0 aliphatic carbocycles. The first-order valence-electron chi connectivity index (χ1n) is 8.99. The number of para-hydroxylation sites is 2. The van der Waals surface area contributed by atoms with Crippen LogP contribution in [0.3, 0.4) is 0 Å². The first-order chi connectivity index (χ1) is 14.2. The number of rotatable bonds is 3. The molecule has 1 atom stereocenters. The lowest BCUT2D eigenvalue weighted by Gasteiger charge is -2.30. The van der Waals surface area contributed by atoms with Crippen molar-refractivity contribution in [2.45, 2.75) is 12.5 Å². The number of fused-ring (bicyclic) bond motifs is 1. The van der Waals surface area contributed by atoms with Crippen LogP contribution in [0.25, 0.3) is 0 Å². The second-order valence-corrected chi connectivity index (χ2v) is 7.12. The van der Waals surface area contributed by atoms with E-state index in [2.05, 4.69) is 10.6 Å². The summed E-state index contributed by atoms with van der Waals surface area (Å²) in [6.45, 7) is 0.285. The van der Waals surface area contributed by atoms with Crippen molar-refractivity contribution in [3.05, 3.63) is 59.7 Å². The van der Waals surface area contributed by atoms with E-state index in [9.17, 15) is 28.0 Å². The maximum absolute atomic E-state index is 14.2. The largest absolute Gasteiger partial charge is 0.325 e. The van der Waals surface area contributed by atoms with Crippen LogP contribution in [-0.2, 0) is 19.9 Å². The van der Waals surface area contributed by atoms with Gasteiger partial charge in [-0.3, -0.25) is 24.2 Å². The average Bonchev–Trinajstić information content (AvgIpc) is 2.92. The third-order valence-corrected chi connectivity index (χ3v) is 5.11. The van der Waals surface area contributed by atoms with Crippen LogP contribution in [0, 0.1) is 11.6 Å². The Balaban J connectivity index is 1.61. The van der Waals surface area contributed by atoms with E-state index in [0.29, 0.717) is 16.3 Å². The van der Waals surface area contributed by atoms with Gasteiger partial charge in [-0.1, -0.05) is 12.1 Å². The number of amides is 5. The minimum atomic E-state index is -1.87. The molecule has 0 aromatic heterocycles. The Labute approximate surface area is 169 Å². The summed E-state index contributed by atoms with van der Waals surface area (Å²) in [6.07, 6.45) is 0. The summed E-state index contributed by atoms with van der Waals surface area (Å²) in [5, 5.41) is 4.96. The molecule has 0 unspecified atom stereocenters. The zero-order valence-corrected chi connectivity index (χ0v) is 15.7. The minimum absolute atomic E-state index is 0.282.